The molecule has 0 bridgehead atoms. The lowest BCUT2D eigenvalue weighted by Crippen LogP contribution is -2.49. The van der Waals surface area contributed by atoms with Crippen molar-refractivity contribution in [2.45, 2.75) is 31.3 Å². The maximum atomic E-state index is 13.1. The average Bonchev–Trinajstić information content (AvgIpc) is 3.21. The number of amides is 1. The third-order valence-electron chi connectivity index (χ3n) is 6.13. The standard InChI is InChI=1S/C20H27N3O3/c1-22-17-6-4-3-5-16(17)18(21-22)19(24)23-11-9-20(10-12-23)15(7-13-25-2)8-14-26-20/h3-6,15H,7-14H2,1-2H3. The molecule has 3 heterocycles. The summed E-state index contributed by atoms with van der Waals surface area (Å²) >= 11 is 0. The molecule has 2 aliphatic rings. The highest BCUT2D eigenvalue weighted by molar-refractivity contribution is 6.04. The monoisotopic (exact) mass is 357 g/mol. The summed E-state index contributed by atoms with van der Waals surface area (Å²) < 4.78 is 13.2. The van der Waals surface area contributed by atoms with E-state index in [4.69, 9.17) is 9.47 Å². The first-order valence-electron chi connectivity index (χ1n) is 9.48. The number of carbonyl (C=O) groups is 1. The van der Waals surface area contributed by atoms with Crippen molar-refractivity contribution in [2.24, 2.45) is 13.0 Å². The molecule has 26 heavy (non-hydrogen) atoms. The van der Waals surface area contributed by atoms with Gasteiger partial charge in [-0.1, -0.05) is 18.2 Å². The molecule has 2 fully saturated rings. The Morgan fingerprint density at radius 2 is 2.12 bits per heavy atom. The topological polar surface area (TPSA) is 56.6 Å². The molecule has 6 heteroatoms. The molecule has 0 saturated carbocycles. The molecule has 140 valence electrons. The van der Waals surface area contributed by atoms with Crippen molar-refractivity contribution in [3.63, 3.8) is 0 Å². The smallest absolute Gasteiger partial charge is 0.275 e. The quantitative estimate of drug-likeness (QED) is 0.844. The molecule has 2 aliphatic heterocycles. The molecule has 1 aromatic carbocycles. The number of aromatic nitrogens is 2. The lowest BCUT2D eigenvalue weighted by molar-refractivity contribution is -0.0662. The van der Waals surface area contributed by atoms with Gasteiger partial charge in [0, 0.05) is 45.8 Å². The highest BCUT2D eigenvalue weighted by atomic mass is 16.5. The lowest BCUT2D eigenvalue weighted by atomic mass is 9.78. The van der Waals surface area contributed by atoms with E-state index in [2.05, 4.69) is 5.10 Å². The molecule has 1 atom stereocenters. The van der Waals surface area contributed by atoms with Crippen molar-refractivity contribution >= 4 is 16.8 Å². The number of likely N-dealkylation sites (tertiary alicyclic amines) is 1. The maximum Gasteiger partial charge on any atom is 0.275 e. The van der Waals surface area contributed by atoms with E-state index >= 15 is 0 Å². The minimum absolute atomic E-state index is 0.0306. The Morgan fingerprint density at radius 1 is 1.35 bits per heavy atom. The van der Waals surface area contributed by atoms with E-state index in [1.165, 1.54) is 0 Å². The van der Waals surface area contributed by atoms with E-state index in [0.717, 1.165) is 62.9 Å². The molecular weight excluding hydrogens is 330 g/mol. The molecule has 4 rings (SSSR count). The normalized spacial score (nSPS) is 22.4. The van der Waals surface area contributed by atoms with Crippen LogP contribution in [0.3, 0.4) is 0 Å². The average molecular weight is 357 g/mol. The summed E-state index contributed by atoms with van der Waals surface area (Å²) in [6, 6.07) is 7.90. The number of hydrogen-bond donors (Lipinski definition) is 0. The summed E-state index contributed by atoms with van der Waals surface area (Å²) in [6.07, 6.45) is 3.94. The Morgan fingerprint density at radius 3 is 2.88 bits per heavy atom. The van der Waals surface area contributed by atoms with Crippen LogP contribution in [0.25, 0.3) is 10.9 Å². The molecule has 1 aromatic heterocycles. The van der Waals surface area contributed by atoms with Crippen molar-refractivity contribution < 1.29 is 14.3 Å². The van der Waals surface area contributed by atoms with E-state index in [0.29, 0.717) is 11.6 Å². The highest BCUT2D eigenvalue weighted by Gasteiger charge is 2.46. The number of carbonyl (C=O) groups excluding carboxylic acids is 1. The third kappa shape index (κ3) is 2.91. The van der Waals surface area contributed by atoms with Crippen molar-refractivity contribution in [3.05, 3.63) is 30.0 Å². The summed E-state index contributed by atoms with van der Waals surface area (Å²) in [5.74, 6) is 0.568. The SMILES string of the molecule is COCCC1CCOC12CCN(C(=O)c1nn(C)c3ccccc13)CC2. The molecule has 2 saturated heterocycles. The second-order valence-electron chi connectivity index (χ2n) is 7.46. The zero-order valence-corrected chi connectivity index (χ0v) is 15.6. The van der Waals surface area contributed by atoms with E-state index in [1.807, 2.05) is 36.2 Å². The molecule has 2 aromatic rings. The Hall–Kier alpha value is -1.92. The van der Waals surface area contributed by atoms with Crippen LogP contribution in [0.2, 0.25) is 0 Å². The first-order chi connectivity index (χ1) is 12.6. The van der Waals surface area contributed by atoms with Gasteiger partial charge in [0.05, 0.1) is 11.1 Å². The van der Waals surface area contributed by atoms with Gasteiger partial charge in [-0.15, -0.1) is 0 Å². The molecular formula is C20H27N3O3. The zero-order valence-electron chi connectivity index (χ0n) is 15.6. The van der Waals surface area contributed by atoms with E-state index < -0.39 is 0 Å². The number of hydrogen-bond acceptors (Lipinski definition) is 4. The van der Waals surface area contributed by atoms with Crippen LogP contribution in [0, 0.1) is 5.92 Å². The Bertz CT molecular complexity index is 793. The van der Waals surface area contributed by atoms with Crippen molar-refractivity contribution in [1.82, 2.24) is 14.7 Å². The maximum absolute atomic E-state index is 13.1. The zero-order chi connectivity index (χ0) is 18.1. The van der Waals surface area contributed by atoms with Gasteiger partial charge < -0.3 is 14.4 Å². The van der Waals surface area contributed by atoms with Crippen LogP contribution in [0.4, 0.5) is 0 Å². The van der Waals surface area contributed by atoms with Crippen LogP contribution >= 0.6 is 0 Å². The number of benzene rings is 1. The van der Waals surface area contributed by atoms with Gasteiger partial charge in [-0.3, -0.25) is 9.48 Å². The van der Waals surface area contributed by atoms with Gasteiger partial charge in [-0.2, -0.15) is 5.10 Å². The number of fused-ring (bicyclic) bond motifs is 1. The lowest BCUT2D eigenvalue weighted by Gasteiger charge is -2.42. The number of rotatable bonds is 4. The van der Waals surface area contributed by atoms with E-state index in [9.17, 15) is 4.79 Å². The Balaban J connectivity index is 1.48. The molecule has 6 nitrogen and oxygen atoms in total. The summed E-state index contributed by atoms with van der Waals surface area (Å²) in [6.45, 7) is 3.06. The molecule has 0 N–H and O–H groups in total. The second-order valence-corrected chi connectivity index (χ2v) is 7.46. The van der Waals surface area contributed by atoms with Gasteiger partial charge in [0.15, 0.2) is 5.69 Å². The molecule has 1 spiro atoms. The molecule has 1 amide bonds. The number of methoxy groups -OCH3 is 1. The number of nitrogens with zero attached hydrogens (tertiary/aromatic N) is 3. The predicted octanol–water partition coefficient (Wildman–Crippen LogP) is 2.62. The van der Waals surface area contributed by atoms with Gasteiger partial charge in [0.2, 0.25) is 0 Å². The summed E-state index contributed by atoms with van der Waals surface area (Å²) in [5.41, 5.74) is 1.48. The van der Waals surface area contributed by atoms with Gasteiger partial charge >= 0.3 is 0 Å². The number of ether oxygens (including phenoxy) is 2. The van der Waals surface area contributed by atoms with Crippen LogP contribution in [-0.2, 0) is 16.5 Å². The van der Waals surface area contributed by atoms with Crippen LogP contribution in [0.1, 0.15) is 36.2 Å². The summed E-state index contributed by atoms with van der Waals surface area (Å²) in [7, 11) is 3.64. The van der Waals surface area contributed by atoms with Crippen molar-refractivity contribution in [2.75, 3.05) is 33.4 Å². The minimum Gasteiger partial charge on any atom is -0.385 e. The first kappa shape index (κ1) is 17.5. The largest absolute Gasteiger partial charge is 0.385 e. The Labute approximate surface area is 154 Å². The van der Waals surface area contributed by atoms with Gasteiger partial charge in [-0.25, -0.2) is 0 Å². The molecule has 0 aliphatic carbocycles. The van der Waals surface area contributed by atoms with Crippen LogP contribution < -0.4 is 0 Å². The van der Waals surface area contributed by atoms with Crippen LogP contribution in [0.5, 0.6) is 0 Å². The molecule has 0 radical (unpaired) electrons. The van der Waals surface area contributed by atoms with Crippen molar-refractivity contribution in [3.8, 4) is 0 Å². The van der Waals surface area contributed by atoms with Gasteiger partial charge in [0.1, 0.15) is 0 Å². The second kappa shape index (κ2) is 7.00. The van der Waals surface area contributed by atoms with E-state index in [1.54, 1.807) is 11.8 Å². The summed E-state index contributed by atoms with van der Waals surface area (Å²) in [4.78, 5) is 15.0. The fraction of sp³-hybridized carbons (Fsp3) is 0.600. The fourth-order valence-electron chi connectivity index (χ4n) is 4.62. The number of aryl methyl sites for hydroxylation is 1. The third-order valence-corrected chi connectivity index (χ3v) is 6.13. The van der Waals surface area contributed by atoms with Crippen LogP contribution in [-0.4, -0.2) is 59.6 Å². The number of piperidine rings is 1. The van der Waals surface area contributed by atoms with Crippen molar-refractivity contribution in [1.29, 1.82) is 0 Å². The minimum atomic E-state index is -0.0680. The van der Waals surface area contributed by atoms with E-state index in [-0.39, 0.29) is 11.5 Å². The fourth-order valence-corrected chi connectivity index (χ4v) is 4.62. The number of para-hydroxylation sites is 1. The summed E-state index contributed by atoms with van der Waals surface area (Å²) in [5, 5.41) is 5.41. The Kier molecular flexibility index (Phi) is 4.71. The predicted molar refractivity (Wildman–Crippen MR) is 99.1 cm³/mol. The van der Waals surface area contributed by atoms with Gasteiger partial charge in [-0.05, 0) is 37.7 Å². The first-order valence-corrected chi connectivity index (χ1v) is 9.48. The van der Waals surface area contributed by atoms with Gasteiger partial charge in [0.25, 0.3) is 5.91 Å². The van der Waals surface area contributed by atoms with Crippen LogP contribution in [0.15, 0.2) is 24.3 Å². The highest BCUT2D eigenvalue weighted by Crippen LogP contribution is 2.42. The molecule has 1 unspecified atom stereocenters.